The number of thiophene rings is 1. The van der Waals surface area contributed by atoms with Crippen LogP contribution in [0.2, 0.25) is 0 Å². The summed E-state index contributed by atoms with van der Waals surface area (Å²) in [7, 11) is 0. The highest BCUT2D eigenvalue weighted by molar-refractivity contribution is 7.09. The average Bonchev–Trinajstić information content (AvgIpc) is 2.53. The molecule has 0 aromatic carbocycles. The molecule has 0 unspecified atom stereocenters. The van der Waals surface area contributed by atoms with Gasteiger partial charge in [0.05, 0.1) is 6.10 Å². The van der Waals surface area contributed by atoms with Gasteiger partial charge in [-0.2, -0.15) is 0 Å². The first-order valence-electron chi connectivity index (χ1n) is 4.76. The van der Waals surface area contributed by atoms with Gasteiger partial charge in [-0.25, -0.2) is 0 Å². The molecule has 0 aliphatic heterocycles. The summed E-state index contributed by atoms with van der Waals surface area (Å²) in [5.74, 6) is 0.704. The van der Waals surface area contributed by atoms with Crippen LogP contribution in [-0.4, -0.2) is 17.8 Å². The van der Waals surface area contributed by atoms with Crippen LogP contribution in [0.25, 0.3) is 0 Å². The van der Waals surface area contributed by atoms with E-state index < -0.39 is 0 Å². The molecule has 2 N–H and O–H groups in total. The summed E-state index contributed by atoms with van der Waals surface area (Å²) >= 11 is 1.79. The molecule has 0 bridgehead atoms. The molecule has 13 heavy (non-hydrogen) atoms. The molecule has 2 rings (SSSR count). The molecule has 0 saturated heterocycles. The molecule has 0 radical (unpaired) electrons. The second kappa shape index (κ2) is 4.22. The first kappa shape index (κ1) is 9.19. The lowest BCUT2D eigenvalue weighted by molar-refractivity contribution is 0.0430. The van der Waals surface area contributed by atoms with Gasteiger partial charge in [0.1, 0.15) is 0 Å². The number of nitrogens with one attached hydrogen (secondary N) is 1. The summed E-state index contributed by atoms with van der Waals surface area (Å²) in [6, 6.07) is 4.22. The van der Waals surface area contributed by atoms with Crippen molar-refractivity contribution in [1.82, 2.24) is 5.32 Å². The fraction of sp³-hybridized carbons (Fsp3) is 0.600. The van der Waals surface area contributed by atoms with Crippen molar-refractivity contribution in [2.24, 2.45) is 5.92 Å². The first-order chi connectivity index (χ1) is 6.34. The molecule has 0 atom stereocenters. The zero-order valence-corrected chi connectivity index (χ0v) is 8.39. The van der Waals surface area contributed by atoms with E-state index in [4.69, 9.17) is 5.11 Å². The lowest BCUT2D eigenvalue weighted by Crippen LogP contribution is -2.35. The van der Waals surface area contributed by atoms with E-state index in [1.165, 1.54) is 4.88 Å². The second-order valence-electron chi connectivity index (χ2n) is 3.70. The first-order valence-corrected chi connectivity index (χ1v) is 5.63. The van der Waals surface area contributed by atoms with Crippen molar-refractivity contribution in [3.63, 3.8) is 0 Å². The van der Waals surface area contributed by atoms with Crippen LogP contribution in [0.5, 0.6) is 0 Å². The van der Waals surface area contributed by atoms with Crippen LogP contribution in [0, 0.1) is 5.92 Å². The second-order valence-corrected chi connectivity index (χ2v) is 4.73. The Hall–Kier alpha value is -0.380. The lowest BCUT2D eigenvalue weighted by atomic mass is 9.82. The summed E-state index contributed by atoms with van der Waals surface area (Å²) < 4.78 is 0. The molecule has 1 aliphatic carbocycles. The SMILES string of the molecule is OC1CC(CNCc2cccs2)C1. The third-order valence-corrected chi connectivity index (χ3v) is 3.40. The minimum Gasteiger partial charge on any atom is -0.393 e. The molecule has 2 nitrogen and oxygen atoms in total. The van der Waals surface area contributed by atoms with E-state index in [1.54, 1.807) is 11.3 Å². The Morgan fingerprint density at radius 1 is 1.54 bits per heavy atom. The molecule has 1 fully saturated rings. The molecule has 1 heterocycles. The van der Waals surface area contributed by atoms with Crippen LogP contribution in [0.15, 0.2) is 17.5 Å². The lowest BCUT2D eigenvalue weighted by Gasteiger charge is -2.31. The van der Waals surface area contributed by atoms with E-state index in [2.05, 4.69) is 22.8 Å². The Kier molecular flexibility index (Phi) is 2.98. The minimum atomic E-state index is -0.0199. The van der Waals surface area contributed by atoms with Gasteiger partial charge in [0.15, 0.2) is 0 Å². The van der Waals surface area contributed by atoms with Crippen molar-refractivity contribution < 1.29 is 5.11 Å². The maximum Gasteiger partial charge on any atom is 0.0546 e. The van der Waals surface area contributed by atoms with E-state index >= 15 is 0 Å². The van der Waals surface area contributed by atoms with Crippen LogP contribution in [-0.2, 0) is 6.54 Å². The maximum atomic E-state index is 9.08. The average molecular weight is 197 g/mol. The van der Waals surface area contributed by atoms with Crippen molar-refractivity contribution in [3.8, 4) is 0 Å². The van der Waals surface area contributed by atoms with Crippen LogP contribution >= 0.6 is 11.3 Å². The summed E-state index contributed by atoms with van der Waals surface area (Å²) in [4.78, 5) is 1.39. The third-order valence-electron chi connectivity index (χ3n) is 2.52. The zero-order chi connectivity index (χ0) is 9.10. The van der Waals surface area contributed by atoms with Crippen LogP contribution in [0.3, 0.4) is 0 Å². The van der Waals surface area contributed by atoms with E-state index in [1.807, 2.05) is 0 Å². The van der Waals surface area contributed by atoms with Gasteiger partial charge in [0, 0.05) is 11.4 Å². The normalized spacial score (nSPS) is 27.2. The standard InChI is InChI=1S/C10H15NOS/c12-9-4-8(5-9)6-11-7-10-2-1-3-13-10/h1-3,8-9,11-12H,4-7H2. The monoisotopic (exact) mass is 197 g/mol. The highest BCUT2D eigenvalue weighted by atomic mass is 32.1. The van der Waals surface area contributed by atoms with Crippen LogP contribution in [0.4, 0.5) is 0 Å². The quantitative estimate of drug-likeness (QED) is 0.768. The predicted octanol–water partition coefficient (Wildman–Crippen LogP) is 1.61. The minimum absolute atomic E-state index is 0.0199. The van der Waals surface area contributed by atoms with Gasteiger partial charge in [-0.15, -0.1) is 11.3 Å². The highest BCUT2D eigenvalue weighted by Crippen LogP contribution is 2.26. The summed E-state index contributed by atoms with van der Waals surface area (Å²) in [5, 5.41) is 14.6. The number of hydrogen-bond acceptors (Lipinski definition) is 3. The number of hydrogen-bond donors (Lipinski definition) is 2. The Morgan fingerprint density at radius 2 is 2.38 bits per heavy atom. The van der Waals surface area contributed by atoms with Crippen molar-refractivity contribution in [2.75, 3.05) is 6.54 Å². The maximum absolute atomic E-state index is 9.08. The van der Waals surface area contributed by atoms with Gasteiger partial charge < -0.3 is 10.4 Å². The topological polar surface area (TPSA) is 32.3 Å². The smallest absolute Gasteiger partial charge is 0.0546 e. The summed E-state index contributed by atoms with van der Waals surface area (Å²) in [6.45, 7) is 2.03. The fourth-order valence-corrected chi connectivity index (χ4v) is 2.35. The molecule has 72 valence electrons. The van der Waals surface area contributed by atoms with E-state index in [0.29, 0.717) is 5.92 Å². The predicted molar refractivity (Wildman–Crippen MR) is 54.8 cm³/mol. The fourth-order valence-electron chi connectivity index (χ4n) is 1.68. The van der Waals surface area contributed by atoms with Crippen LogP contribution in [0.1, 0.15) is 17.7 Å². The van der Waals surface area contributed by atoms with Gasteiger partial charge in [0.25, 0.3) is 0 Å². The summed E-state index contributed by atoms with van der Waals surface area (Å²) in [6.07, 6.45) is 1.95. The Bertz CT molecular complexity index is 241. The zero-order valence-electron chi connectivity index (χ0n) is 7.57. The Balaban J connectivity index is 1.59. The Morgan fingerprint density at radius 3 is 3.00 bits per heavy atom. The van der Waals surface area contributed by atoms with E-state index in [0.717, 1.165) is 25.9 Å². The molecular weight excluding hydrogens is 182 g/mol. The number of aliphatic hydroxyl groups excluding tert-OH is 1. The van der Waals surface area contributed by atoms with Crippen molar-refractivity contribution in [1.29, 1.82) is 0 Å². The molecule has 1 aromatic rings. The van der Waals surface area contributed by atoms with E-state index in [-0.39, 0.29) is 6.10 Å². The number of rotatable bonds is 4. The molecule has 1 aromatic heterocycles. The largest absolute Gasteiger partial charge is 0.393 e. The highest BCUT2D eigenvalue weighted by Gasteiger charge is 2.26. The van der Waals surface area contributed by atoms with Gasteiger partial charge in [-0.1, -0.05) is 6.07 Å². The molecule has 3 heteroatoms. The van der Waals surface area contributed by atoms with Gasteiger partial charge in [-0.3, -0.25) is 0 Å². The van der Waals surface area contributed by atoms with Crippen molar-refractivity contribution >= 4 is 11.3 Å². The van der Waals surface area contributed by atoms with Gasteiger partial charge >= 0.3 is 0 Å². The molecule has 1 aliphatic rings. The molecule has 1 saturated carbocycles. The van der Waals surface area contributed by atoms with Crippen molar-refractivity contribution in [3.05, 3.63) is 22.4 Å². The van der Waals surface area contributed by atoms with E-state index in [9.17, 15) is 0 Å². The summed E-state index contributed by atoms with van der Waals surface area (Å²) in [5.41, 5.74) is 0. The molecule has 0 amide bonds. The van der Waals surface area contributed by atoms with Gasteiger partial charge in [-0.05, 0) is 36.8 Å². The van der Waals surface area contributed by atoms with Gasteiger partial charge in [0.2, 0.25) is 0 Å². The number of aliphatic hydroxyl groups is 1. The van der Waals surface area contributed by atoms with Crippen molar-refractivity contribution in [2.45, 2.75) is 25.5 Å². The third kappa shape index (κ3) is 2.53. The van der Waals surface area contributed by atoms with Crippen LogP contribution < -0.4 is 5.32 Å². The molecule has 0 spiro atoms. The Labute approximate surface area is 82.6 Å². The molecular formula is C10H15NOS.